The first-order valence-corrected chi connectivity index (χ1v) is 8.77. The molecule has 0 bridgehead atoms. The van der Waals surface area contributed by atoms with E-state index in [2.05, 4.69) is 10.9 Å². The van der Waals surface area contributed by atoms with Crippen LogP contribution in [-0.2, 0) is 6.42 Å². The zero-order valence-corrected chi connectivity index (χ0v) is 15.9. The van der Waals surface area contributed by atoms with Gasteiger partial charge in [-0.1, -0.05) is 26.0 Å². The first-order valence-electron chi connectivity index (χ1n) is 8.77. The highest BCUT2D eigenvalue weighted by Crippen LogP contribution is 2.43. The molecule has 1 unspecified atom stereocenters. The summed E-state index contributed by atoms with van der Waals surface area (Å²) in [5, 5.41) is 10.4. The van der Waals surface area contributed by atoms with Gasteiger partial charge in [0.25, 0.3) is 5.91 Å². The van der Waals surface area contributed by atoms with Gasteiger partial charge in [0.15, 0.2) is 5.76 Å². The second kappa shape index (κ2) is 7.08. The number of rotatable bonds is 3. The zero-order chi connectivity index (χ0) is 19.8. The summed E-state index contributed by atoms with van der Waals surface area (Å²) < 4.78 is 10.9. The van der Waals surface area contributed by atoms with Crippen LogP contribution in [0.25, 0.3) is 0 Å². The van der Waals surface area contributed by atoms with Crippen LogP contribution in [0.5, 0.6) is 5.75 Å². The topological polar surface area (TPSA) is 101 Å². The molecule has 7 heteroatoms. The van der Waals surface area contributed by atoms with Gasteiger partial charge in [-0.15, -0.1) is 0 Å². The standard InChI is InChI=1S/C20H24N2O5/c1-11-16-13(23)9-20(2,3)10-15(16)27-17(11)19(25)22-21-18(24)12-7-5-6-8-14(12)26-4/h5-8,13,23H,9-10H2,1-4H3,(H,21,24)(H,22,25). The molecular formula is C20H24N2O5. The van der Waals surface area contributed by atoms with E-state index in [0.29, 0.717) is 41.0 Å². The molecule has 1 aromatic heterocycles. The molecule has 3 N–H and O–H groups in total. The SMILES string of the molecule is COc1ccccc1C(=O)NNC(=O)c1oc2c(c1C)C(O)CC(C)(C)C2. The van der Waals surface area contributed by atoms with Crippen molar-refractivity contribution in [3.63, 3.8) is 0 Å². The van der Waals surface area contributed by atoms with Gasteiger partial charge in [-0.2, -0.15) is 0 Å². The van der Waals surface area contributed by atoms with Crippen molar-refractivity contribution in [1.29, 1.82) is 0 Å². The Kier molecular flexibility index (Phi) is 4.97. The number of carbonyl (C=O) groups is 2. The fraction of sp³-hybridized carbons (Fsp3) is 0.400. The molecule has 2 amide bonds. The van der Waals surface area contributed by atoms with Crippen LogP contribution in [0.2, 0.25) is 0 Å². The number of aliphatic hydroxyl groups excluding tert-OH is 1. The predicted octanol–water partition coefficient (Wildman–Crippen LogP) is 2.68. The minimum Gasteiger partial charge on any atom is -0.496 e. The summed E-state index contributed by atoms with van der Waals surface area (Å²) in [4.78, 5) is 24.8. The largest absolute Gasteiger partial charge is 0.496 e. The van der Waals surface area contributed by atoms with E-state index in [4.69, 9.17) is 9.15 Å². The number of hydrogen-bond acceptors (Lipinski definition) is 5. The van der Waals surface area contributed by atoms with Crippen LogP contribution in [0.4, 0.5) is 0 Å². The van der Waals surface area contributed by atoms with E-state index in [1.807, 2.05) is 13.8 Å². The van der Waals surface area contributed by atoms with Crippen molar-refractivity contribution in [2.45, 2.75) is 39.7 Å². The van der Waals surface area contributed by atoms with E-state index in [0.717, 1.165) is 0 Å². The average molecular weight is 372 g/mol. The number of carbonyl (C=O) groups excluding carboxylic acids is 2. The van der Waals surface area contributed by atoms with Crippen LogP contribution < -0.4 is 15.6 Å². The van der Waals surface area contributed by atoms with Crippen LogP contribution in [0, 0.1) is 12.3 Å². The summed E-state index contributed by atoms with van der Waals surface area (Å²) in [7, 11) is 1.47. The highest BCUT2D eigenvalue weighted by Gasteiger charge is 2.37. The van der Waals surface area contributed by atoms with Gasteiger partial charge < -0.3 is 14.3 Å². The normalized spacial score (nSPS) is 17.7. The van der Waals surface area contributed by atoms with Crippen LogP contribution in [0.15, 0.2) is 28.7 Å². The molecule has 1 aliphatic rings. The molecule has 144 valence electrons. The molecule has 1 atom stereocenters. The summed E-state index contributed by atoms with van der Waals surface area (Å²) in [6.45, 7) is 5.83. The number of ether oxygens (including phenoxy) is 1. The number of methoxy groups -OCH3 is 1. The Labute approximate surface area is 157 Å². The lowest BCUT2D eigenvalue weighted by molar-refractivity contribution is 0.0820. The van der Waals surface area contributed by atoms with Gasteiger partial charge in [-0.25, -0.2) is 0 Å². The first-order chi connectivity index (χ1) is 12.7. The molecule has 0 saturated heterocycles. The van der Waals surface area contributed by atoms with Gasteiger partial charge in [0.2, 0.25) is 0 Å². The highest BCUT2D eigenvalue weighted by atomic mass is 16.5. The molecule has 27 heavy (non-hydrogen) atoms. The van der Waals surface area contributed by atoms with Crippen LogP contribution >= 0.6 is 0 Å². The lowest BCUT2D eigenvalue weighted by atomic mass is 9.75. The molecule has 3 rings (SSSR count). The number of aliphatic hydroxyl groups is 1. The van der Waals surface area contributed by atoms with Crippen molar-refractivity contribution >= 4 is 11.8 Å². The zero-order valence-electron chi connectivity index (χ0n) is 15.9. The summed E-state index contributed by atoms with van der Waals surface area (Å²) in [6.07, 6.45) is 0.574. The summed E-state index contributed by atoms with van der Waals surface area (Å²) in [5.41, 5.74) is 6.19. The van der Waals surface area contributed by atoms with Crippen molar-refractivity contribution in [3.8, 4) is 5.75 Å². The molecule has 1 heterocycles. The minimum absolute atomic E-state index is 0.0945. The van der Waals surface area contributed by atoms with Crippen molar-refractivity contribution in [3.05, 3.63) is 52.5 Å². The molecule has 0 spiro atoms. The number of amides is 2. The van der Waals surface area contributed by atoms with E-state index in [-0.39, 0.29) is 11.2 Å². The Morgan fingerprint density at radius 3 is 2.59 bits per heavy atom. The number of furan rings is 1. The van der Waals surface area contributed by atoms with Gasteiger partial charge in [-0.3, -0.25) is 20.4 Å². The smallest absolute Gasteiger partial charge is 0.305 e. The predicted molar refractivity (Wildman–Crippen MR) is 98.4 cm³/mol. The maximum atomic E-state index is 12.5. The third kappa shape index (κ3) is 3.68. The summed E-state index contributed by atoms with van der Waals surface area (Å²) in [6, 6.07) is 6.70. The molecule has 0 radical (unpaired) electrons. The maximum Gasteiger partial charge on any atom is 0.305 e. The average Bonchev–Trinajstić information content (AvgIpc) is 2.94. The highest BCUT2D eigenvalue weighted by molar-refractivity contribution is 6.00. The number of hydrogen-bond donors (Lipinski definition) is 3. The number of hydrazine groups is 1. The molecule has 0 fully saturated rings. The minimum atomic E-state index is -0.669. The van der Waals surface area contributed by atoms with E-state index < -0.39 is 17.9 Å². The Morgan fingerprint density at radius 2 is 1.89 bits per heavy atom. The number of para-hydroxylation sites is 1. The Bertz CT molecular complexity index is 884. The maximum absolute atomic E-state index is 12.5. The molecule has 0 saturated carbocycles. The fourth-order valence-electron chi connectivity index (χ4n) is 3.57. The van der Waals surface area contributed by atoms with Crippen LogP contribution in [0.3, 0.4) is 0 Å². The second-order valence-corrected chi connectivity index (χ2v) is 7.56. The lowest BCUT2D eigenvalue weighted by Crippen LogP contribution is -2.41. The molecule has 2 aromatic rings. The van der Waals surface area contributed by atoms with Crippen molar-refractivity contribution in [2.75, 3.05) is 7.11 Å². The van der Waals surface area contributed by atoms with Crippen LogP contribution in [0.1, 0.15) is 64.2 Å². The van der Waals surface area contributed by atoms with Crippen molar-refractivity contribution in [2.24, 2.45) is 5.41 Å². The first kappa shape index (κ1) is 19.0. The van der Waals surface area contributed by atoms with E-state index >= 15 is 0 Å². The summed E-state index contributed by atoms with van der Waals surface area (Å²) in [5.74, 6) is 0.0415. The number of nitrogens with one attached hydrogen (secondary N) is 2. The third-order valence-corrected chi connectivity index (χ3v) is 4.84. The number of benzene rings is 1. The van der Waals surface area contributed by atoms with Gasteiger partial charge in [0.05, 0.1) is 18.8 Å². The molecular weight excluding hydrogens is 348 g/mol. The fourth-order valence-corrected chi connectivity index (χ4v) is 3.57. The summed E-state index contributed by atoms with van der Waals surface area (Å²) >= 11 is 0. The Hall–Kier alpha value is -2.80. The van der Waals surface area contributed by atoms with E-state index in [1.54, 1.807) is 31.2 Å². The molecule has 1 aromatic carbocycles. The quantitative estimate of drug-likeness (QED) is 0.719. The van der Waals surface area contributed by atoms with E-state index in [1.165, 1.54) is 7.11 Å². The van der Waals surface area contributed by atoms with Gasteiger partial charge in [0.1, 0.15) is 11.5 Å². The van der Waals surface area contributed by atoms with Gasteiger partial charge in [-0.05, 0) is 30.9 Å². The van der Waals surface area contributed by atoms with Crippen molar-refractivity contribution < 1.29 is 23.8 Å². The third-order valence-electron chi connectivity index (χ3n) is 4.84. The van der Waals surface area contributed by atoms with Crippen molar-refractivity contribution in [1.82, 2.24) is 10.9 Å². The number of fused-ring (bicyclic) bond motifs is 1. The Morgan fingerprint density at radius 1 is 1.22 bits per heavy atom. The molecule has 7 nitrogen and oxygen atoms in total. The lowest BCUT2D eigenvalue weighted by Gasteiger charge is -2.31. The van der Waals surface area contributed by atoms with Gasteiger partial charge in [0, 0.05) is 17.5 Å². The molecule has 0 aliphatic heterocycles. The Balaban J connectivity index is 1.75. The van der Waals surface area contributed by atoms with Crippen LogP contribution in [-0.4, -0.2) is 24.0 Å². The van der Waals surface area contributed by atoms with Gasteiger partial charge >= 0.3 is 5.91 Å². The molecule has 1 aliphatic carbocycles. The monoisotopic (exact) mass is 372 g/mol. The second-order valence-electron chi connectivity index (χ2n) is 7.56. The van der Waals surface area contributed by atoms with E-state index in [9.17, 15) is 14.7 Å².